The van der Waals surface area contributed by atoms with Gasteiger partial charge in [0.25, 0.3) is 0 Å². The summed E-state index contributed by atoms with van der Waals surface area (Å²) < 4.78 is 6.09. The first-order chi connectivity index (χ1) is 12.7. The summed E-state index contributed by atoms with van der Waals surface area (Å²) in [7, 11) is 0. The molecule has 1 aliphatic heterocycles. The highest BCUT2D eigenvalue weighted by molar-refractivity contribution is 5.93. The second-order valence-electron chi connectivity index (χ2n) is 6.97. The van der Waals surface area contributed by atoms with Gasteiger partial charge in [-0.3, -0.25) is 4.79 Å². The molecule has 2 aromatic rings. The van der Waals surface area contributed by atoms with E-state index < -0.39 is 5.91 Å². The highest BCUT2D eigenvalue weighted by Gasteiger charge is 2.16. The summed E-state index contributed by atoms with van der Waals surface area (Å²) in [5.41, 5.74) is 9.46. The van der Waals surface area contributed by atoms with Crippen molar-refractivity contribution in [2.24, 2.45) is 5.73 Å². The Bertz CT molecular complexity index is 771. The van der Waals surface area contributed by atoms with Crippen molar-refractivity contribution in [2.75, 3.05) is 6.54 Å². The number of nitrogens with two attached hydrogens (primary N) is 1. The topological polar surface area (TPSA) is 64.3 Å². The van der Waals surface area contributed by atoms with Gasteiger partial charge in [-0.1, -0.05) is 38.3 Å². The van der Waals surface area contributed by atoms with Gasteiger partial charge in [-0.05, 0) is 66.8 Å². The molecule has 0 unspecified atom stereocenters. The molecule has 0 fully saturated rings. The molecule has 0 radical (unpaired) electrons. The van der Waals surface area contributed by atoms with Crippen molar-refractivity contribution in [1.29, 1.82) is 0 Å². The minimum atomic E-state index is -0.401. The summed E-state index contributed by atoms with van der Waals surface area (Å²) >= 11 is 0. The molecular weight excluding hydrogens is 324 g/mol. The van der Waals surface area contributed by atoms with E-state index in [1.165, 1.54) is 36.8 Å². The molecule has 1 heterocycles. The number of hydrogen-bond acceptors (Lipinski definition) is 3. The Balaban J connectivity index is 1.63. The lowest BCUT2D eigenvalue weighted by molar-refractivity contribution is 0.1000. The van der Waals surface area contributed by atoms with Crippen LogP contribution in [0.25, 0.3) is 0 Å². The maximum absolute atomic E-state index is 11.4. The first-order valence-corrected chi connectivity index (χ1v) is 9.60. The molecule has 1 aliphatic rings. The van der Waals surface area contributed by atoms with Gasteiger partial charge in [-0.25, -0.2) is 0 Å². The number of carbonyl (C=O) groups excluding carboxylic acids is 1. The van der Waals surface area contributed by atoms with E-state index in [1.54, 1.807) is 6.07 Å². The molecule has 0 atom stereocenters. The van der Waals surface area contributed by atoms with Crippen LogP contribution in [0.3, 0.4) is 0 Å². The molecule has 0 saturated heterocycles. The van der Waals surface area contributed by atoms with Gasteiger partial charge in [0.2, 0.25) is 5.91 Å². The molecule has 2 aromatic carbocycles. The quantitative estimate of drug-likeness (QED) is 0.694. The van der Waals surface area contributed by atoms with Gasteiger partial charge in [0, 0.05) is 12.1 Å². The molecule has 1 amide bonds. The molecule has 138 valence electrons. The van der Waals surface area contributed by atoms with Crippen LogP contribution in [0, 0.1) is 0 Å². The van der Waals surface area contributed by atoms with Gasteiger partial charge in [0.1, 0.15) is 11.5 Å². The summed E-state index contributed by atoms with van der Waals surface area (Å²) in [6.45, 7) is 4.19. The molecule has 3 N–H and O–H groups in total. The lowest BCUT2D eigenvalue weighted by Crippen LogP contribution is -2.14. The van der Waals surface area contributed by atoms with E-state index >= 15 is 0 Å². The minimum Gasteiger partial charge on any atom is -0.457 e. The number of aryl methyl sites for hydroxylation is 2. The van der Waals surface area contributed by atoms with Crippen LogP contribution in [0.15, 0.2) is 36.4 Å². The van der Waals surface area contributed by atoms with Crippen molar-refractivity contribution >= 4 is 5.91 Å². The molecule has 26 heavy (non-hydrogen) atoms. The number of amides is 1. The first-order valence-electron chi connectivity index (χ1n) is 9.60. The fraction of sp³-hybridized carbons (Fsp3) is 0.409. The molecule has 0 aromatic heterocycles. The Hall–Kier alpha value is -2.33. The third-order valence-electron chi connectivity index (χ3n) is 4.89. The Morgan fingerprint density at radius 3 is 2.50 bits per heavy atom. The molecule has 0 bridgehead atoms. The number of benzene rings is 2. The lowest BCUT2D eigenvalue weighted by atomic mass is 10.0. The van der Waals surface area contributed by atoms with E-state index in [0.29, 0.717) is 5.56 Å². The van der Waals surface area contributed by atoms with Gasteiger partial charge >= 0.3 is 0 Å². The van der Waals surface area contributed by atoms with E-state index in [2.05, 4.69) is 30.4 Å². The van der Waals surface area contributed by atoms with Gasteiger partial charge < -0.3 is 15.8 Å². The van der Waals surface area contributed by atoms with Crippen LogP contribution in [0.4, 0.5) is 0 Å². The molecule has 4 nitrogen and oxygen atoms in total. The second kappa shape index (κ2) is 8.86. The van der Waals surface area contributed by atoms with Gasteiger partial charge in [-0.2, -0.15) is 0 Å². The summed E-state index contributed by atoms with van der Waals surface area (Å²) in [5.74, 6) is 1.32. The van der Waals surface area contributed by atoms with Gasteiger partial charge in [0.05, 0.1) is 0 Å². The maximum Gasteiger partial charge on any atom is 0.248 e. The Labute approximate surface area is 155 Å². The zero-order chi connectivity index (χ0) is 18.4. The Kier molecular flexibility index (Phi) is 6.29. The Morgan fingerprint density at radius 1 is 1.04 bits per heavy atom. The predicted molar refractivity (Wildman–Crippen MR) is 105 cm³/mol. The highest BCUT2D eigenvalue weighted by Crippen LogP contribution is 2.34. The minimum absolute atomic E-state index is 0.401. The van der Waals surface area contributed by atoms with Gasteiger partial charge in [0.15, 0.2) is 0 Å². The largest absolute Gasteiger partial charge is 0.457 e. The number of unbranched alkanes of at least 4 members (excludes halogenated alkanes) is 3. The smallest absolute Gasteiger partial charge is 0.248 e. The third-order valence-corrected chi connectivity index (χ3v) is 4.89. The SMILES string of the molecule is CCCCCCNCc1ccc2c(c1)CCc1cc(C(N)=O)ccc1O2. The Morgan fingerprint density at radius 2 is 1.77 bits per heavy atom. The molecule has 3 rings (SSSR count). The van der Waals surface area contributed by atoms with E-state index in [4.69, 9.17) is 10.5 Å². The fourth-order valence-corrected chi connectivity index (χ4v) is 3.36. The predicted octanol–water partition coefficient (Wildman–Crippen LogP) is 4.35. The number of rotatable bonds is 8. The zero-order valence-electron chi connectivity index (χ0n) is 15.5. The van der Waals surface area contributed by atoms with Crippen LogP contribution in [0.2, 0.25) is 0 Å². The molecule has 4 heteroatoms. The van der Waals surface area contributed by atoms with Crippen molar-refractivity contribution in [2.45, 2.75) is 52.0 Å². The van der Waals surface area contributed by atoms with E-state index in [1.807, 2.05) is 12.1 Å². The number of fused-ring (bicyclic) bond motifs is 2. The summed E-state index contributed by atoms with van der Waals surface area (Å²) in [4.78, 5) is 11.4. The van der Waals surface area contributed by atoms with Crippen LogP contribution in [0.5, 0.6) is 11.5 Å². The zero-order valence-corrected chi connectivity index (χ0v) is 15.5. The molecule has 0 aliphatic carbocycles. The number of hydrogen-bond donors (Lipinski definition) is 2. The lowest BCUT2D eigenvalue weighted by Gasteiger charge is -2.11. The molecule has 0 spiro atoms. The van der Waals surface area contributed by atoms with Crippen molar-refractivity contribution in [3.8, 4) is 11.5 Å². The second-order valence-corrected chi connectivity index (χ2v) is 6.97. The standard InChI is InChI=1S/C22H28N2O2/c1-2-3-4-5-12-24-15-16-6-10-20-17(13-16)7-8-18-14-19(22(23)25)9-11-21(18)26-20/h6,9-11,13-14,24H,2-5,7-8,12,15H2,1H3,(H2,23,25). The first kappa shape index (κ1) is 18.5. The van der Waals surface area contributed by atoms with E-state index in [-0.39, 0.29) is 0 Å². The van der Waals surface area contributed by atoms with Crippen molar-refractivity contribution in [1.82, 2.24) is 5.32 Å². The van der Waals surface area contributed by atoms with E-state index in [9.17, 15) is 4.79 Å². The number of nitrogens with one attached hydrogen (secondary N) is 1. The fourth-order valence-electron chi connectivity index (χ4n) is 3.36. The normalized spacial score (nSPS) is 12.7. The van der Waals surface area contributed by atoms with Crippen LogP contribution in [0.1, 0.15) is 59.7 Å². The van der Waals surface area contributed by atoms with Crippen molar-refractivity contribution in [3.05, 3.63) is 58.7 Å². The molecule has 0 saturated carbocycles. The summed E-state index contributed by atoms with van der Waals surface area (Å²) in [5, 5.41) is 3.53. The average molecular weight is 352 g/mol. The number of carbonyl (C=O) groups is 1. The van der Waals surface area contributed by atoms with Crippen LogP contribution >= 0.6 is 0 Å². The maximum atomic E-state index is 11.4. The molecular formula is C22H28N2O2. The van der Waals surface area contributed by atoms with Crippen molar-refractivity contribution < 1.29 is 9.53 Å². The number of primary amides is 1. The average Bonchev–Trinajstić information content (AvgIpc) is 2.82. The van der Waals surface area contributed by atoms with Crippen molar-refractivity contribution in [3.63, 3.8) is 0 Å². The summed E-state index contributed by atoms with van der Waals surface area (Å²) in [6, 6.07) is 11.8. The number of ether oxygens (including phenoxy) is 1. The van der Waals surface area contributed by atoms with Crippen LogP contribution < -0.4 is 15.8 Å². The highest BCUT2D eigenvalue weighted by atomic mass is 16.5. The van der Waals surface area contributed by atoms with Crippen LogP contribution in [-0.4, -0.2) is 12.5 Å². The third kappa shape index (κ3) is 4.64. The summed E-state index contributed by atoms with van der Waals surface area (Å²) in [6.07, 6.45) is 6.86. The van der Waals surface area contributed by atoms with E-state index in [0.717, 1.165) is 43.0 Å². The van der Waals surface area contributed by atoms with Crippen LogP contribution in [-0.2, 0) is 19.4 Å². The van der Waals surface area contributed by atoms with Gasteiger partial charge in [-0.15, -0.1) is 0 Å². The monoisotopic (exact) mass is 352 g/mol.